The van der Waals surface area contributed by atoms with E-state index in [9.17, 15) is 0 Å². The molecule has 3 aromatic carbocycles. The molecule has 1 aliphatic heterocycles. The van der Waals surface area contributed by atoms with Crippen LogP contribution in [0.15, 0.2) is 84.0 Å². The van der Waals surface area contributed by atoms with E-state index in [1.165, 1.54) is 11.1 Å². The first kappa shape index (κ1) is 19.6. The molecule has 0 radical (unpaired) electrons. The van der Waals surface area contributed by atoms with Crippen molar-refractivity contribution >= 4 is 17.4 Å². The molecule has 4 aromatic rings. The molecule has 0 spiro atoms. The van der Waals surface area contributed by atoms with Gasteiger partial charge in [0, 0.05) is 22.6 Å². The molecule has 1 unspecified atom stereocenters. The first-order valence-electron chi connectivity index (χ1n) is 10.3. The van der Waals surface area contributed by atoms with Gasteiger partial charge in [0.2, 0.25) is 11.0 Å². The van der Waals surface area contributed by atoms with E-state index < -0.39 is 0 Å². The Kier molecular flexibility index (Phi) is 5.54. The van der Waals surface area contributed by atoms with Gasteiger partial charge in [-0.25, -0.2) is 0 Å². The Morgan fingerprint density at radius 1 is 0.871 bits per heavy atom. The van der Waals surface area contributed by atoms with Gasteiger partial charge >= 0.3 is 0 Å². The monoisotopic (exact) mass is 426 g/mol. The van der Waals surface area contributed by atoms with Gasteiger partial charge in [-0.1, -0.05) is 91.5 Å². The van der Waals surface area contributed by atoms with Gasteiger partial charge in [0.25, 0.3) is 0 Å². The number of thioether (sulfide) groups is 1. The average Bonchev–Trinajstić information content (AvgIpc) is 3.00. The number of hydrogen-bond donors (Lipinski definition) is 1. The SMILES string of the molecule is CCc1ccc(C2Nc3ccccc3-c3nnc(SCc4ccccc4)nc3O2)cc1. The zero-order valence-electron chi connectivity index (χ0n) is 17.2. The Morgan fingerprint density at radius 2 is 1.65 bits per heavy atom. The zero-order chi connectivity index (χ0) is 21.0. The number of fused-ring (bicyclic) bond motifs is 3. The molecule has 2 heterocycles. The van der Waals surface area contributed by atoms with Crippen molar-refractivity contribution in [1.29, 1.82) is 0 Å². The van der Waals surface area contributed by atoms with Gasteiger partial charge in [-0.15, -0.1) is 10.2 Å². The Labute approximate surface area is 185 Å². The van der Waals surface area contributed by atoms with Crippen LogP contribution in [-0.2, 0) is 12.2 Å². The lowest BCUT2D eigenvalue weighted by molar-refractivity contribution is 0.225. The van der Waals surface area contributed by atoms with Gasteiger partial charge in [0.1, 0.15) is 0 Å². The number of para-hydroxylation sites is 1. The van der Waals surface area contributed by atoms with Gasteiger partial charge in [-0.2, -0.15) is 4.98 Å². The second kappa shape index (κ2) is 8.78. The lowest BCUT2D eigenvalue weighted by Crippen LogP contribution is -2.17. The summed E-state index contributed by atoms with van der Waals surface area (Å²) in [5.41, 5.74) is 6.09. The Balaban J connectivity index is 1.48. The molecule has 1 atom stereocenters. The number of nitrogens with zero attached hydrogens (tertiary/aromatic N) is 3. The standard InChI is InChI=1S/C25H22N4OS/c1-2-17-12-14-19(15-13-17)23-26-21-11-7-6-10-20(21)22-24(30-23)27-25(29-28-22)31-16-18-8-4-3-5-9-18/h3-15,23,26H,2,16H2,1H3. The largest absolute Gasteiger partial charge is 0.448 e. The van der Waals surface area contributed by atoms with E-state index in [2.05, 4.69) is 58.8 Å². The molecule has 0 fully saturated rings. The molecule has 0 saturated heterocycles. The van der Waals surface area contributed by atoms with E-state index in [4.69, 9.17) is 9.72 Å². The third-order valence-corrected chi connectivity index (χ3v) is 6.14. The zero-order valence-corrected chi connectivity index (χ0v) is 18.0. The summed E-state index contributed by atoms with van der Waals surface area (Å²) < 4.78 is 6.35. The van der Waals surface area contributed by atoms with Crippen molar-refractivity contribution in [3.05, 3.63) is 95.6 Å². The van der Waals surface area contributed by atoms with Crippen LogP contribution in [0.3, 0.4) is 0 Å². The number of anilines is 1. The highest BCUT2D eigenvalue weighted by atomic mass is 32.2. The van der Waals surface area contributed by atoms with Crippen LogP contribution in [0.2, 0.25) is 0 Å². The minimum Gasteiger partial charge on any atom is -0.448 e. The highest BCUT2D eigenvalue weighted by molar-refractivity contribution is 7.98. The van der Waals surface area contributed by atoms with E-state index in [1.807, 2.05) is 42.5 Å². The van der Waals surface area contributed by atoms with E-state index in [0.29, 0.717) is 16.7 Å². The highest BCUT2D eigenvalue weighted by Gasteiger charge is 2.26. The summed E-state index contributed by atoms with van der Waals surface area (Å²) in [6.07, 6.45) is 0.640. The first-order chi connectivity index (χ1) is 15.3. The van der Waals surface area contributed by atoms with Crippen molar-refractivity contribution in [2.75, 3.05) is 5.32 Å². The highest BCUT2D eigenvalue weighted by Crippen LogP contribution is 2.39. The predicted octanol–water partition coefficient (Wildman–Crippen LogP) is 5.90. The third kappa shape index (κ3) is 4.25. The summed E-state index contributed by atoms with van der Waals surface area (Å²) in [6.45, 7) is 2.15. The normalized spacial score (nSPS) is 14.5. The van der Waals surface area contributed by atoms with Crippen molar-refractivity contribution in [2.24, 2.45) is 0 Å². The van der Waals surface area contributed by atoms with Crippen LogP contribution in [0, 0.1) is 0 Å². The molecule has 31 heavy (non-hydrogen) atoms. The van der Waals surface area contributed by atoms with E-state index >= 15 is 0 Å². The minimum absolute atomic E-state index is 0.364. The summed E-state index contributed by atoms with van der Waals surface area (Å²) in [5, 5.41) is 13.0. The molecular formula is C25H22N4OS. The van der Waals surface area contributed by atoms with E-state index in [1.54, 1.807) is 11.8 Å². The summed E-state index contributed by atoms with van der Waals surface area (Å²) >= 11 is 1.55. The average molecular weight is 427 g/mol. The number of benzene rings is 3. The predicted molar refractivity (Wildman–Crippen MR) is 124 cm³/mol. The van der Waals surface area contributed by atoms with Crippen LogP contribution in [0.5, 0.6) is 5.88 Å². The van der Waals surface area contributed by atoms with Crippen LogP contribution >= 0.6 is 11.8 Å². The maximum absolute atomic E-state index is 6.35. The topological polar surface area (TPSA) is 59.9 Å². The number of hydrogen-bond acceptors (Lipinski definition) is 6. The summed E-state index contributed by atoms with van der Waals surface area (Å²) in [4.78, 5) is 4.72. The Hall–Kier alpha value is -3.38. The molecule has 1 aliphatic rings. The minimum atomic E-state index is -0.364. The van der Waals surface area contributed by atoms with Gasteiger partial charge in [0.05, 0.1) is 0 Å². The fourth-order valence-electron chi connectivity index (χ4n) is 3.51. The fraction of sp³-hybridized carbons (Fsp3) is 0.160. The van der Waals surface area contributed by atoms with Crippen molar-refractivity contribution in [2.45, 2.75) is 30.5 Å². The lowest BCUT2D eigenvalue weighted by Gasteiger charge is -2.19. The van der Waals surface area contributed by atoms with Crippen LogP contribution in [0.25, 0.3) is 11.3 Å². The number of ether oxygens (including phenoxy) is 1. The van der Waals surface area contributed by atoms with Crippen LogP contribution in [0.4, 0.5) is 5.69 Å². The second-order valence-corrected chi connectivity index (χ2v) is 8.25. The summed E-state index contributed by atoms with van der Waals surface area (Å²) in [5.74, 6) is 1.27. The molecule has 0 aliphatic carbocycles. The maximum atomic E-state index is 6.35. The molecule has 154 valence electrons. The summed E-state index contributed by atoms with van der Waals surface area (Å²) in [6, 6.07) is 26.8. The van der Waals surface area contributed by atoms with Crippen LogP contribution in [-0.4, -0.2) is 15.2 Å². The number of rotatable bonds is 5. The molecule has 0 amide bonds. The molecule has 0 saturated carbocycles. The van der Waals surface area contributed by atoms with E-state index in [0.717, 1.165) is 29.0 Å². The van der Waals surface area contributed by atoms with Crippen LogP contribution in [0.1, 0.15) is 29.8 Å². The molecule has 5 nitrogen and oxygen atoms in total. The summed E-state index contributed by atoms with van der Waals surface area (Å²) in [7, 11) is 0. The van der Waals surface area contributed by atoms with Gasteiger partial charge < -0.3 is 10.1 Å². The van der Waals surface area contributed by atoms with Gasteiger partial charge in [-0.3, -0.25) is 0 Å². The quantitative estimate of drug-likeness (QED) is 0.401. The Morgan fingerprint density at radius 3 is 2.45 bits per heavy atom. The number of nitrogens with one attached hydrogen (secondary N) is 1. The van der Waals surface area contributed by atoms with Gasteiger partial charge in [0.15, 0.2) is 11.9 Å². The molecule has 1 aromatic heterocycles. The third-order valence-electron chi connectivity index (χ3n) is 5.24. The van der Waals surface area contributed by atoms with E-state index in [-0.39, 0.29) is 6.23 Å². The smallest absolute Gasteiger partial charge is 0.247 e. The molecule has 5 rings (SSSR count). The second-order valence-electron chi connectivity index (χ2n) is 7.31. The van der Waals surface area contributed by atoms with Crippen molar-refractivity contribution < 1.29 is 4.74 Å². The molecule has 1 N–H and O–H groups in total. The fourth-order valence-corrected chi connectivity index (χ4v) is 4.24. The lowest BCUT2D eigenvalue weighted by atomic mass is 10.1. The van der Waals surface area contributed by atoms with Crippen molar-refractivity contribution in [3.63, 3.8) is 0 Å². The van der Waals surface area contributed by atoms with Crippen molar-refractivity contribution in [1.82, 2.24) is 15.2 Å². The number of aryl methyl sites for hydroxylation is 1. The van der Waals surface area contributed by atoms with Gasteiger partial charge in [-0.05, 0) is 23.6 Å². The van der Waals surface area contributed by atoms with Crippen LogP contribution < -0.4 is 10.1 Å². The molecule has 6 heteroatoms. The first-order valence-corrected chi connectivity index (χ1v) is 11.3. The van der Waals surface area contributed by atoms with Crippen molar-refractivity contribution in [3.8, 4) is 17.1 Å². The maximum Gasteiger partial charge on any atom is 0.247 e. The molecule has 0 bridgehead atoms. The molecular weight excluding hydrogens is 404 g/mol. The number of aromatic nitrogens is 3. The Bertz CT molecular complexity index is 1180.